The van der Waals surface area contributed by atoms with Crippen molar-refractivity contribution in [1.82, 2.24) is 4.98 Å². The summed E-state index contributed by atoms with van der Waals surface area (Å²) in [6.07, 6.45) is 0.176. The lowest BCUT2D eigenvalue weighted by Crippen LogP contribution is -1.97. The van der Waals surface area contributed by atoms with E-state index in [-0.39, 0.29) is 6.42 Å². The number of ether oxygens (including phenoxy) is 1. The Hall–Kier alpha value is -1.76. The summed E-state index contributed by atoms with van der Waals surface area (Å²) in [7, 11) is 1.53. The number of pyridine rings is 1. The number of nitrogens with zero attached hydrogens (tertiary/aromatic N) is 2. The molecule has 3 nitrogen and oxygen atoms in total. The predicted octanol–water partition coefficient (Wildman–Crippen LogP) is 4.13. The monoisotopic (exact) mass is 292 g/mol. The topological polar surface area (TPSA) is 45.9 Å². The molecule has 0 aliphatic rings. The molecular weight excluding hydrogens is 283 g/mol. The van der Waals surface area contributed by atoms with Crippen molar-refractivity contribution in [2.45, 2.75) is 6.42 Å². The van der Waals surface area contributed by atoms with Crippen LogP contribution in [0.2, 0.25) is 10.0 Å². The van der Waals surface area contributed by atoms with E-state index in [0.29, 0.717) is 21.6 Å². The molecule has 0 bridgehead atoms. The molecule has 0 radical (unpaired) electrons. The van der Waals surface area contributed by atoms with E-state index in [9.17, 15) is 0 Å². The van der Waals surface area contributed by atoms with Crippen LogP contribution in [0.1, 0.15) is 5.69 Å². The Morgan fingerprint density at radius 1 is 1.21 bits per heavy atom. The number of methoxy groups -OCH3 is 1. The Morgan fingerprint density at radius 2 is 2.00 bits per heavy atom. The number of halogens is 2. The summed E-state index contributed by atoms with van der Waals surface area (Å²) in [4.78, 5) is 4.28. The second kappa shape index (κ2) is 5.92. The largest absolute Gasteiger partial charge is 0.481 e. The zero-order valence-electron chi connectivity index (χ0n) is 10.2. The third-order valence-corrected chi connectivity index (χ3v) is 3.19. The lowest BCUT2D eigenvalue weighted by molar-refractivity contribution is 0.397. The highest BCUT2D eigenvalue weighted by Gasteiger charge is 2.12. The molecule has 0 amide bonds. The van der Waals surface area contributed by atoms with Gasteiger partial charge in [-0.2, -0.15) is 5.26 Å². The zero-order chi connectivity index (χ0) is 13.8. The maximum Gasteiger partial charge on any atom is 0.213 e. The van der Waals surface area contributed by atoms with Gasteiger partial charge in [0.15, 0.2) is 0 Å². The van der Waals surface area contributed by atoms with E-state index < -0.39 is 0 Å². The van der Waals surface area contributed by atoms with E-state index in [0.717, 1.165) is 11.1 Å². The molecule has 0 aliphatic carbocycles. The third kappa shape index (κ3) is 2.98. The number of benzene rings is 1. The van der Waals surface area contributed by atoms with Gasteiger partial charge in [-0.1, -0.05) is 23.2 Å². The number of aromatic nitrogens is 1. The van der Waals surface area contributed by atoms with Crippen molar-refractivity contribution >= 4 is 23.2 Å². The van der Waals surface area contributed by atoms with Crippen LogP contribution in [0.25, 0.3) is 11.1 Å². The first-order valence-electron chi connectivity index (χ1n) is 5.52. The van der Waals surface area contributed by atoms with Crippen molar-refractivity contribution in [3.8, 4) is 23.1 Å². The molecule has 1 heterocycles. The molecule has 96 valence electrons. The highest BCUT2D eigenvalue weighted by atomic mass is 35.5. The van der Waals surface area contributed by atoms with Crippen LogP contribution in [0.3, 0.4) is 0 Å². The summed E-state index contributed by atoms with van der Waals surface area (Å²) < 4.78 is 5.07. The minimum absolute atomic E-state index is 0.176. The van der Waals surface area contributed by atoms with Gasteiger partial charge in [0.25, 0.3) is 0 Å². The first kappa shape index (κ1) is 13.7. The van der Waals surface area contributed by atoms with Crippen molar-refractivity contribution in [3.05, 3.63) is 46.1 Å². The Bertz CT molecular complexity index is 650. The smallest absolute Gasteiger partial charge is 0.213 e. The summed E-state index contributed by atoms with van der Waals surface area (Å²) >= 11 is 12.2. The molecule has 0 aliphatic heterocycles. The summed E-state index contributed by atoms with van der Waals surface area (Å²) in [5.74, 6) is 0.465. The fraction of sp³-hybridized carbons (Fsp3) is 0.143. The molecule has 2 rings (SSSR count). The molecule has 1 aromatic carbocycles. The molecule has 0 fully saturated rings. The number of rotatable bonds is 3. The van der Waals surface area contributed by atoms with Gasteiger partial charge in [-0.3, -0.25) is 0 Å². The van der Waals surface area contributed by atoms with E-state index in [1.54, 1.807) is 24.3 Å². The van der Waals surface area contributed by atoms with E-state index in [1.165, 1.54) is 7.11 Å². The Balaban J connectivity index is 2.61. The van der Waals surface area contributed by atoms with Crippen LogP contribution in [0.15, 0.2) is 30.3 Å². The minimum atomic E-state index is 0.176. The molecule has 2 aromatic rings. The summed E-state index contributed by atoms with van der Waals surface area (Å²) in [5, 5.41) is 10.0. The van der Waals surface area contributed by atoms with Gasteiger partial charge in [-0.05, 0) is 24.3 Å². The van der Waals surface area contributed by atoms with Crippen molar-refractivity contribution in [3.63, 3.8) is 0 Å². The number of nitriles is 1. The number of hydrogen-bond acceptors (Lipinski definition) is 3. The maximum absolute atomic E-state index is 8.89. The zero-order valence-corrected chi connectivity index (χ0v) is 11.7. The average molecular weight is 293 g/mol. The lowest BCUT2D eigenvalue weighted by Gasteiger charge is -2.10. The summed E-state index contributed by atoms with van der Waals surface area (Å²) in [6.45, 7) is 0. The molecule has 0 atom stereocenters. The first-order valence-corrected chi connectivity index (χ1v) is 6.27. The second-order valence-electron chi connectivity index (χ2n) is 3.81. The fourth-order valence-corrected chi connectivity index (χ4v) is 2.15. The Morgan fingerprint density at radius 3 is 2.68 bits per heavy atom. The van der Waals surface area contributed by atoms with Crippen LogP contribution in [-0.4, -0.2) is 12.1 Å². The van der Waals surface area contributed by atoms with Gasteiger partial charge in [0, 0.05) is 27.2 Å². The predicted molar refractivity (Wildman–Crippen MR) is 75.6 cm³/mol. The van der Waals surface area contributed by atoms with Gasteiger partial charge < -0.3 is 4.74 Å². The molecule has 0 saturated carbocycles. The van der Waals surface area contributed by atoms with Gasteiger partial charge in [0.05, 0.1) is 25.3 Å². The first-order chi connectivity index (χ1) is 9.15. The van der Waals surface area contributed by atoms with Crippen LogP contribution in [0.4, 0.5) is 0 Å². The normalized spacial score (nSPS) is 10.0. The van der Waals surface area contributed by atoms with Crippen LogP contribution < -0.4 is 4.74 Å². The standard InChI is InChI=1S/C14H10Cl2N2O/c1-19-14-5-3-10(13(18-14)6-7-17)11-8-9(15)2-4-12(11)16/h2-5,8H,6H2,1H3. The van der Waals surface area contributed by atoms with E-state index >= 15 is 0 Å². The fourth-order valence-electron chi connectivity index (χ4n) is 1.75. The number of hydrogen-bond donors (Lipinski definition) is 0. The second-order valence-corrected chi connectivity index (χ2v) is 4.65. The summed E-state index contributed by atoms with van der Waals surface area (Å²) in [6, 6.07) is 10.8. The van der Waals surface area contributed by atoms with Crippen LogP contribution in [0.5, 0.6) is 5.88 Å². The van der Waals surface area contributed by atoms with Crippen LogP contribution in [0, 0.1) is 11.3 Å². The highest BCUT2D eigenvalue weighted by Crippen LogP contribution is 2.33. The molecule has 0 saturated heterocycles. The highest BCUT2D eigenvalue weighted by molar-refractivity contribution is 6.35. The average Bonchev–Trinajstić information content (AvgIpc) is 2.42. The maximum atomic E-state index is 8.89. The molecule has 0 unspecified atom stereocenters. The van der Waals surface area contributed by atoms with E-state index in [2.05, 4.69) is 11.1 Å². The molecule has 1 aromatic heterocycles. The van der Waals surface area contributed by atoms with Crippen molar-refractivity contribution in [2.75, 3.05) is 7.11 Å². The Labute approximate surface area is 121 Å². The molecular formula is C14H10Cl2N2O. The van der Waals surface area contributed by atoms with Crippen molar-refractivity contribution in [2.24, 2.45) is 0 Å². The third-order valence-electron chi connectivity index (χ3n) is 2.62. The van der Waals surface area contributed by atoms with Gasteiger partial charge in [-0.15, -0.1) is 0 Å². The quantitative estimate of drug-likeness (QED) is 0.854. The van der Waals surface area contributed by atoms with Crippen molar-refractivity contribution in [1.29, 1.82) is 5.26 Å². The Kier molecular flexibility index (Phi) is 4.26. The van der Waals surface area contributed by atoms with E-state index in [1.807, 2.05) is 6.07 Å². The van der Waals surface area contributed by atoms with E-state index in [4.69, 9.17) is 33.2 Å². The van der Waals surface area contributed by atoms with Crippen LogP contribution >= 0.6 is 23.2 Å². The van der Waals surface area contributed by atoms with Gasteiger partial charge in [0.1, 0.15) is 0 Å². The summed E-state index contributed by atoms with van der Waals surface area (Å²) in [5.41, 5.74) is 2.16. The molecule has 5 heteroatoms. The SMILES string of the molecule is COc1ccc(-c2cc(Cl)ccc2Cl)c(CC#N)n1. The lowest BCUT2D eigenvalue weighted by atomic mass is 10.0. The minimum Gasteiger partial charge on any atom is -0.481 e. The van der Waals surface area contributed by atoms with Crippen LogP contribution in [-0.2, 0) is 6.42 Å². The molecule has 0 N–H and O–H groups in total. The van der Waals surface area contributed by atoms with Crippen molar-refractivity contribution < 1.29 is 4.74 Å². The molecule has 0 spiro atoms. The van der Waals surface area contributed by atoms with Gasteiger partial charge >= 0.3 is 0 Å². The molecule has 19 heavy (non-hydrogen) atoms. The van der Waals surface area contributed by atoms with Gasteiger partial charge in [0.2, 0.25) is 5.88 Å². The van der Waals surface area contributed by atoms with Gasteiger partial charge in [-0.25, -0.2) is 4.98 Å².